The minimum atomic E-state index is 0.113. The van der Waals surface area contributed by atoms with Gasteiger partial charge in [0.15, 0.2) is 5.58 Å². The molecule has 3 rings (SSSR count). The van der Waals surface area contributed by atoms with Crippen molar-refractivity contribution in [2.45, 2.75) is 26.2 Å². The summed E-state index contributed by atoms with van der Waals surface area (Å²) < 4.78 is 5.77. The molecular formula is C16H16N2O. The van der Waals surface area contributed by atoms with Crippen LogP contribution in [0.5, 0.6) is 0 Å². The highest BCUT2D eigenvalue weighted by atomic mass is 16.3. The number of benzene rings is 1. The van der Waals surface area contributed by atoms with Gasteiger partial charge in [-0.25, -0.2) is 4.98 Å². The molecule has 2 heterocycles. The van der Waals surface area contributed by atoms with Gasteiger partial charge >= 0.3 is 0 Å². The molecule has 2 aromatic heterocycles. The van der Waals surface area contributed by atoms with Gasteiger partial charge in [0.1, 0.15) is 5.52 Å². The highest BCUT2D eigenvalue weighted by Crippen LogP contribution is 2.28. The minimum Gasteiger partial charge on any atom is -0.436 e. The van der Waals surface area contributed by atoms with Gasteiger partial charge in [-0.2, -0.15) is 0 Å². The Hall–Kier alpha value is -2.16. The number of hydrogen-bond acceptors (Lipinski definition) is 3. The van der Waals surface area contributed by atoms with Crippen LogP contribution in [0.1, 0.15) is 26.3 Å². The average molecular weight is 252 g/mol. The van der Waals surface area contributed by atoms with Gasteiger partial charge in [0.2, 0.25) is 5.89 Å². The van der Waals surface area contributed by atoms with E-state index in [0.717, 1.165) is 16.7 Å². The van der Waals surface area contributed by atoms with E-state index < -0.39 is 0 Å². The molecule has 1 aromatic carbocycles. The van der Waals surface area contributed by atoms with Gasteiger partial charge in [-0.05, 0) is 35.2 Å². The lowest BCUT2D eigenvalue weighted by molar-refractivity contribution is 0.590. The van der Waals surface area contributed by atoms with E-state index in [9.17, 15) is 0 Å². The van der Waals surface area contributed by atoms with Crippen LogP contribution in [-0.4, -0.2) is 9.97 Å². The zero-order valence-corrected chi connectivity index (χ0v) is 11.3. The first kappa shape index (κ1) is 11.9. The van der Waals surface area contributed by atoms with Crippen LogP contribution >= 0.6 is 0 Å². The average Bonchev–Trinajstić information content (AvgIpc) is 2.81. The smallest absolute Gasteiger partial charge is 0.228 e. The topological polar surface area (TPSA) is 38.9 Å². The number of fused-ring (bicyclic) bond motifs is 1. The van der Waals surface area contributed by atoms with E-state index in [0.29, 0.717) is 5.89 Å². The fraction of sp³-hybridized carbons (Fsp3) is 0.250. The molecule has 0 fully saturated rings. The number of nitrogens with zero attached hydrogens (tertiary/aromatic N) is 2. The summed E-state index contributed by atoms with van der Waals surface area (Å²) in [7, 11) is 0. The van der Waals surface area contributed by atoms with Crippen molar-refractivity contribution in [3.8, 4) is 11.5 Å². The van der Waals surface area contributed by atoms with Crippen LogP contribution < -0.4 is 0 Å². The summed E-state index contributed by atoms with van der Waals surface area (Å²) in [6, 6.07) is 10.0. The molecule has 0 aliphatic carbocycles. The Morgan fingerprint density at radius 1 is 1.11 bits per heavy atom. The molecule has 0 spiro atoms. The standard InChI is InChI=1S/C16H16N2O/c1-16(2,3)12-6-7-14-13(9-12)18-15(19-14)11-5-4-8-17-10-11/h4-10H,1-3H3. The zero-order valence-electron chi connectivity index (χ0n) is 11.3. The molecule has 0 unspecified atom stereocenters. The van der Waals surface area contributed by atoms with Crippen LogP contribution in [0, 0.1) is 0 Å². The van der Waals surface area contributed by atoms with E-state index in [4.69, 9.17) is 4.42 Å². The molecule has 3 nitrogen and oxygen atoms in total. The maximum atomic E-state index is 5.77. The van der Waals surface area contributed by atoms with Crippen molar-refractivity contribution in [3.63, 3.8) is 0 Å². The molecule has 0 aliphatic heterocycles. The van der Waals surface area contributed by atoms with Crippen LogP contribution in [-0.2, 0) is 5.41 Å². The Morgan fingerprint density at radius 3 is 2.63 bits per heavy atom. The molecule has 3 heteroatoms. The SMILES string of the molecule is CC(C)(C)c1ccc2oc(-c3cccnc3)nc2c1. The van der Waals surface area contributed by atoms with E-state index in [1.807, 2.05) is 18.2 Å². The fourth-order valence-corrected chi connectivity index (χ4v) is 2.01. The zero-order chi connectivity index (χ0) is 13.5. The third kappa shape index (κ3) is 2.24. The second kappa shape index (κ2) is 4.19. The Kier molecular flexibility index (Phi) is 2.63. The molecule has 96 valence electrons. The summed E-state index contributed by atoms with van der Waals surface area (Å²) in [4.78, 5) is 8.64. The van der Waals surface area contributed by atoms with E-state index in [-0.39, 0.29) is 5.41 Å². The van der Waals surface area contributed by atoms with Gasteiger partial charge in [-0.3, -0.25) is 4.98 Å². The molecule has 0 radical (unpaired) electrons. The highest BCUT2D eigenvalue weighted by Gasteiger charge is 2.16. The van der Waals surface area contributed by atoms with Crippen LogP contribution in [0.15, 0.2) is 47.1 Å². The number of hydrogen-bond donors (Lipinski definition) is 0. The monoisotopic (exact) mass is 252 g/mol. The molecule has 0 bridgehead atoms. The summed E-state index contributed by atoms with van der Waals surface area (Å²) in [6.07, 6.45) is 3.50. The van der Waals surface area contributed by atoms with Crippen molar-refractivity contribution >= 4 is 11.1 Å². The summed E-state index contributed by atoms with van der Waals surface area (Å²) in [6.45, 7) is 6.57. The molecule has 0 N–H and O–H groups in total. The van der Waals surface area contributed by atoms with Crippen LogP contribution in [0.25, 0.3) is 22.6 Å². The lowest BCUT2D eigenvalue weighted by Crippen LogP contribution is -2.10. The van der Waals surface area contributed by atoms with Crippen LogP contribution in [0.4, 0.5) is 0 Å². The third-order valence-electron chi connectivity index (χ3n) is 3.16. The molecule has 0 atom stereocenters. The van der Waals surface area contributed by atoms with Gasteiger partial charge in [0.25, 0.3) is 0 Å². The Morgan fingerprint density at radius 2 is 1.95 bits per heavy atom. The van der Waals surface area contributed by atoms with Crippen molar-refractivity contribution < 1.29 is 4.42 Å². The van der Waals surface area contributed by atoms with Crippen molar-refractivity contribution in [1.29, 1.82) is 0 Å². The van der Waals surface area contributed by atoms with Gasteiger partial charge in [-0.1, -0.05) is 26.8 Å². The van der Waals surface area contributed by atoms with Gasteiger partial charge in [-0.15, -0.1) is 0 Å². The van der Waals surface area contributed by atoms with E-state index in [2.05, 4.69) is 42.9 Å². The van der Waals surface area contributed by atoms with Crippen LogP contribution in [0.3, 0.4) is 0 Å². The van der Waals surface area contributed by atoms with Crippen molar-refractivity contribution in [2.75, 3.05) is 0 Å². The van der Waals surface area contributed by atoms with Crippen molar-refractivity contribution in [1.82, 2.24) is 9.97 Å². The predicted octanol–water partition coefficient (Wildman–Crippen LogP) is 4.19. The maximum absolute atomic E-state index is 5.77. The van der Waals surface area contributed by atoms with Gasteiger partial charge in [0, 0.05) is 12.4 Å². The molecule has 19 heavy (non-hydrogen) atoms. The second-order valence-electron chi connectivity index (χ2n) is 5.69. The lowest BCUT2D eigenvalue weighted by Gasteiger charge is -2.18. The fourth-order valence-electron chi connectivity index (χ4n) is 2.01. The van der Waals surface area contributed by atoms with Gasteiger partial charge < -0.3 is 4.42 Å². The number of pyridine rings is 1. The first-order valence-corrected chi connectivity index (χ1v) is 6.35. The van der Waals surface area contributed by atoms with Crippen molar-refractivity contribution in [3.05, 3.63) is 48.3 Å². The predicted molar refractivity (Wildman–Crippen MR) is 75.9 cm³/mol. The number of oxazole rings is 1. The van der Waals surface area contributed by atoms with Crippen molar-refractivity contribution in [2.24, 2.45) is 0 Å². The highest BCUT2D eigenvalue weighted by molar-refractivity contribution is 5.77. The molecule has 0 aliphatic rings. The summed E-state index contributed by atoms with van der Waals surface area (Å²) in [5, 5.41) is 0. The minimum absolute atomic E-state index is 0.113. The molecule has 0 amide bonds. The maximum Gasteiger partial charge on any atom is 0.228 e. The lowest BCUT2D eigenvalue weighted by atomic mass is 9.87. The summed E-state index contributed by atoms with van der Waals surface area (Å²) in [5.74, 6) is 0.620. The van der Waals surface area contributed by atoms with Crippen LogP contribution in [0.2, 0.25) is 0 Å². The summed E-state index contributed by atoms with van der Waals surface area (Å²) in [5.41, 5.74) is 3.97. The molecular weight excluding hydrogens is 236 g/mol. The van der Waals surface area contributed by atoms with Gasteiger partial charge in [0.05, 0.1) is 5.56 Å². The van der Waals surface area contributed by atoms with E-state index in [1.165, 1.54) is 5.56 Å². The molecule has 0 saturated heterocycles. The second-order valence-corrected chi connectivity index (χ2v) is 5.69. The summed E-state index contributed by atoms with van der Waals surface area (Å²) >= 11 is 0. The first-order valence-electron chi connectivity index (χ1n) is 6.35. The largest absolute Gasteiger partial charge is 0.436 e. The Balaban J connectivity index is 2.12. The number of aromatic nitrogens is 2. The Labute approximate surface area is 112 Å². The molecule has 0 saturated carbocycles. The quantitative estimate of drug-likeness (QED) is 0.652. The molecule has 3 aromatic rings. The van der Waals surface area contributed by atoms with E-state index in [1.54, 1.807) is 12.4 Å². The number of rotatable bonds is 1. The third-order valence-corrected chi connectivity index (χ3v) is 3.16. The van der Waals surface area contributed by atoms with E-state index >= 15 is 0 Å². The first-order chi connectivity index (χ1) is 9.04. The Bertz CT molecular complexity index is 708. The normalized spacial score (nSPS) is 11.9.